The van der Waals surface area contributed by atoms with Crippen molar-refractivity contribution in [2.45, 2.75) is 6.61 Å². The first kappa shape index (κ1) is 14.6. The SMILES string of the molecule is COCCNc1cc(OCc2ccccc2)cc(Cl)n1. The Kier molecular flexibility index (Phi) is 5.65. The van der Waals surface area contributed by atoms with Crippen LogP contribution in [-0.2, 0) is 11.3 Å². The number of nitrogens with one attached hydrogen (secondary N) is 1. The Balaban J connectivity index is 1.97. The quantitative estimate of drug-likeness (QED) is 0.628. The van der Waals surface area contributed by atoms with Gasteiger partial charge in [-0.15, -0.1) is 0 Å². The summed E-state index contributed by atoms with van der Waals surface area (Å²) in [4.78, 5) is 4.18. The molecule has 2 rings (SSSR count). The van der Waals surface area contributed by atoms with E-state index in [4.69, 9.17) is 21.1 Å². The number of hydrogen-bond acceptors (Lipinski definition) is 4. The zero-order valence-electron chi connectivity index (χ0n) is 11.3. The van der Waals surface area contributed by atoms with Crippen molar-refractivity contribution in [2.75, 3.05) is 25.6 Å². The molecular formula is C15H17ClN2O2. The summed E-state index contributed by atoms with van der Waals surface area (Å²) in [7, 11) is 1.65. The van der Waals surface area contributed by atoms with E-state index in [-0.39, 0.29) is 0 Å². The lowest BCUT2D eigenvalue weighted by molar-refractivity contribution is 0.210. The van der Waals surface area contributed by atoms with Crippen LogP contribution < -0.4 is 10.1 Å². The number of methoxy groups -OCH3 is 1. The van der Waals surface area contributed by atoms with Crippen molar-refractivity contribution in [3.05, 3.63) is 53.2 Å². The van der Waals surface area contributed by atoms with E-state index in [1.807, 2.05) is 36.4 Å². The van der Waals surface area contributed by atoms with Gasteiger partial charge in [-0.1, -0.05) is 41.9 Å². The van der Waals surface area contributed by atoms with E-state index in [2.05, 4.69) is 10.3 Å². The number of anilines is 1. The van der Waals surface area contributed by atoms with Gasteiger partial charge in [0.25, 0.3) is 0 Å². The minimum atomic E-state index is 0.399. The fraction of sp³-hybridized carbons (Fsp3) is 0.267. The van der Waals surface area contributed by atoms with Crippen LogP contribution >= 0.6 is 11.6 Å². The standard InChI is InChI=1S/C15H17ClN2O2/c1-19-8-7-17-15-10-13(9-14(16)18-15)20-11-12-5-3-2-4-6-12/h2-6,9-10H,7-8,11H2,1H3,(H,17,18). The molecule has 0 aliphatic heterocycles. The van der Waals surface area contributed by atoms with E-state index in [1.54, 1.807) is 13.2 Å². The summed E-state index contributed by atoms with van der Waals surface area (Å²) in [6.45, 7) is 1.77. The van der Waals surface area contributed by atoms with E-state index in [0.29, 0.717) is 36.5 Å². The van der Waals surface area contributed by atoms with Crippen molar-refractivity contribution in [3.63, 3.8) is 0 Å². The van der Waals surface area contributed by atoms with Gasteiger partial charge in [-0.25, -0.2) is 4.98 Å². The maximum atomic E-state index is 5.98. The van der Waals surface area contributed by atoms with Gasteiger partial charge in [0.2, 0.25) is 0 Å². The minimum absolute atomic E-state index is 0.399. The molecule has 0 unspecified atom stereocenters. The number of nitrogens with zero attached hydrogens (tertiary/aromatic N) is 1. The van der Waals surface area contributed by atoms with E-state index >= 15 is 0 Å². The third-order valence-corrected chi connectivity index (χ3v) is 2.82. The highest BCUT2D eigenvalue weighted by molar-refractivity contribution is 6.29. The predicted octanol–water partition coefficient (Wildman–Crippen LogP) is 3.37. The Morgan fingerprint density at radius 1 is 1.20 bits per heavy atom. The first-order valence-electron chi connectivity index (χ1n) is 6.35. The Bertz CT molecular complexity index is 535. The Labute approximate surface area is 123 Å². The van der Waals surface area contributed by atoms with Gasteiger partial charge >= 0.3 is 0 Å². The second kappa shape index (κ2) is 7.72. The summed E-state index contributed by atoms with van der Waals surface area (Å²) in [5, 5.41) is 3.52. The van der Waals surface area contributed by atoms with Crippen molar-refractivity contribution < 1.29 is 9.47 Å². The first-order chi connectivity index (χ1) is 9.78. The number of halogens is 1. The summed E-state index contributed by atoms with van der Waals surface area (Å²) in [6.07, 6.45) is 0. The highest BCUT2D eigenvalue weighted by Gasteiger charge is 2.02. The summed E-state index contributed by atoms with van der Waals surface area (Å²) >= 11 is 5.98. The maximum Gasteiger partial charge on any atom is 0.135 e. The molecular weight excluding hydrogens is 276 g/mol. The van der Waals surface area contributed by atoms with E-state index < -0.39 is 0 Å². The normalized spacial score (nSPS) is 10.3. The topological polar surface area (TPSA) is 43.4 Å². The van der Waals surface area contributed by atoms with Gasteiger partial charge in [0.1, 0.15) is 23.3 Å². The minimum Gasteiger partial charge on any atom is -0.489 e. The molecule has 1 N–H and O–H groups in total. The first-order valence-corrected chi connectivity index (χ1v) is 6.73. The largest absolute Gasteiger partial charge is 0.489 e. The van der Waals surface area contributed by atoms with Gasteiger partial charge in [-0.05, 0) is 5.56 Å². The molecule has 1 heterocycles. The van der Waals surface area contributed by atoms with Crippen LogP contribution in [0.4, 0.5) is 5.82 Å². The number of rotatable bonds is 7. The second-order valence-corrected chi connectivity index (χ2v) is 4.59. The summed E-state index contributed by atoms with van der Waals surface area (Å²) in [5.74, 6) is 1.37. The van der Waals surface area contributed by atoms with Crippen LogP contribution in [0.2, 0.25) is 5.15 Å². The molecule has 0 saturated carbocycles. The van der Waals surface area contributed by atoms with Crippen molar-refractivity contribution in [1.82, 2.24) is 4.98 Å². The van der Waals surface area contributed by atoms with Crippen molar-refractivity contribution in [1.29, 1.82) is 0 Å². The fourth-order valence-electron chi connectivity index (χ4n) is 1.67. The molecule has 20 heavy (non-hydrogen) atoms. The molecule has 0 aliphatic rings. The molecule has 1 aromatic heterocycles. The average Bonchev–Trinajstić information content (AvgIpc) is 2.46. The molecule has 0 fully saturated rings. The Morgan fingerprint density at radius 3 is 2.75 bits per heavy atom. The van der Waals surface area contributed by atoms with E-state index in [9.17, 15) is 0 Å². The van der Waals surface area contributed by atoms with Crippen LogP contribution in [0.5, 0.6) is 5.75 Å². The Hall–Kier alpha value is -1.78. The lowest BCUT2D eigenvalue weighted by atomic mass is 10.2. The molecule has 106 valence electrons. The molecule has 0 radical (unpaired) electrons. The fourth-order valence-corrected chi connectivity index (χ4v) is 1.87. The van der Waals surface area contributed by atoms with E-state index in [0.717, 1.165) is 5.56 Å². The van der Waals surface area contributed by atoms with Gasteiger partial charge < -0.3 is 14.8 Å². The monoisotopic (exact) mass is 292 g/mol. The lowest BCUT2D eigenvalue weighted by Gasteiger charge is -2.10. The maximum absolute atomic E-state index is 5.98. The highest BCUT2D eigenvalue weighted by atomic mass is 35.5. The van der Waals surface area contributed by atoms with Crippen molar-refractivity contribution in [2.24, 2.45) is 0 Å². The molecule has 4 nitrogen and oxygen atoms in total. The molecule has 0 amide bonds. The third-order valence-electron chi connectivity index (χ3n) is 2.63. The molecule has 5 heteroatoms. The molecule has 2 aromatic rings. The van der Waals surface area contributed by atoms with Crippen LogP contribution in [0.1, 0.15) is 5.56 Å². The van der Waals surface area contributed by atoms with Gasteiger partial charge in [0.05, 0.1) is 6.61 Å². The second-order valence-electron chi connectivity index (χ2n) is 4.20. The van der Waals surface area contributed by atoms with Crippen molar-refractivity contribution in [3.8, 4) is 5.75 Å². The Morgan fingerprint density at radius 2 is 2.00 bits per heavy atom. The van der Waals surface area contributed by atoms with Gasteiger partial charge in [0, 0.05) is 25.8 Å². The average molecular weight is 293 g/mol. The van der Waals surface area contributed by atoms with Gasteiger partial charge in [-0.3, -0.25) is 0 Å². The van der Waals surface area contributed by atoms with E-state index in [1.165, 1.54) is 0 Å². The number of ether oxygens (including phenoxy) is 2. The molecule has 0 spiro atoms. The predicted molar refractivity (Wildman–Crippen MR) is 80.4 cm³/mol. The number of aromatic nitrogens is 1. The van der Waals surface area contributed by atoms with Crippen LogP contribution in [0.15, 0.2) is 42.5 Å². The smallest absolute Gasteiger partial charge is 0.135 e. The zero-order chi connectivity index (χ0) is 14.2. The molecule has 0 aliphatic carbocycles. The molecule has 0 atom stereocenters. The summed E-state index contributed by atoms with van der Waals surface area (Å²) < 4.78 is 10.7. The number of pyridine rings is 1. The molecule has 0 bridgehead atoms. The molecule has 0 saturated heterocycles. The highest BCUT2D eigenvalue weighted by Crippen LogP contribution is 2.21. The van der Waals surface area contributed by atoms with Crippen LogP contribution in [-0.4, -0.2) is 25.2 Å². The molecule has 1 aromatic carbocycles. The van der Waals surface area contributed by atoms with Gasteiger partial charge in [0.15, 0.2) is 0 Å². The van der Waals surface area contributed by atoms with Crippen LogP contribution in [0.3, 0.4) is 0 Å². The van der Waals surface area contributed by atoms with Crippen LogP contribution in [0, 0.1) is 0 Å². The number of benzene rings is 1. The summed E-state index contributed by atoms with van der Waals surface area (Å²) in [6, 6.07) is 13.5. The lowest BCUT2D eigenvalue weighted by Crippen LogP contribution is -2.09. The van der Waals surface area contributed by atoms with Gasteiger partial charge in [-0.2, -0.15) is 0 Å². The number of hydrogen-bond donors (Lipinski definition) is 1. The van der Waals surface area contributed by atoms with Crippen molar-refractivity contribution >= 4 is 17.4 Å². The van der Waals surface area contributed by atoms with Crippen LogP contribution in [0.25, 0.3) is 0 Å². The zero-order valence-corrected chi connectivity index (χ0v) is 12.1. The summed E-state index contributed by atoms with van der Waals surface area (Å²) in [5.41, 5.74) is 1.11. The third kappa shape index (κ3) is 4.72.